The fourth-order valence-corrected chi connectivity index (χ4v) is 2.06. The number of carbonyl (C=O) groups is 2. The van der Waals surface area contributed by atoms with Crippen molar-refractivity contribution in [2.24, 2.45) is 16.7 Å². The molecule has 17 heavy (non-hydrogen) atoms. The van der Waals surface area contributed by atoms with Crippen LogP contribution in [-0.4, -0.2) is 24.6 Å². The maximum absolute atomic E-state index is 11.6. The van der Waals surface area contributed by atoms with E-state index in [9.17, 15) is 9.59 Å². The van der Waals surface area contributed by atoms with Gasteiger partial charge in [-0.1, -0.05) is 19.1 Å². The Morgan fingerprint density at radius 2 is 2.18 bits per heavy atom. The molecule has 94 valence electrons. The molecular weight excluding hydrogens is 220 g/mol. The minimum atomic E-state index is -0.529. The van der Waals surface area contributed by atoms with Gasteiger partial charge in [0.15, 0.2) is 0 Å². The van der Waals surface area contributed by atoms with Gasteiger partial charge in [0, 0.05) is 5.41 Å². The lowest BCUT2D eigenvalue weighted by molar-refractivity contribution is -0.160. The van der Waals surface area contributed by atoms with E-state index in [1.165, 1.54) is 0 Å². The molecule has 0 spiro atoms. The maximum Gasteiger partial charge on any atom is 0.314 e. The number of rotatable bonds is 2. The summed E-state index contributed by atoms with van der Waals surface area (Å²) in [7, 11) is 0. The van der Waals surface area contributed by atoms with Crippen LogP contribution in [0.2, 0.25) is 0 Å². The van der Waals surface area contributed by atoms with Crippen molar-refractivity contribution in [1.29, 1.82) is 0 Å². The molecule has 1 saturated heterocycles. The zero-order valence-corrected chi connectivity index (χ0v) is 10.6. The number of esters is 2. The van der Waals surface area contributed by atoms with Gasteiger partial charge in [-0.2, -0.15) is 0 Å². The first-order chi connectivity index (χ1) is 7.75. The molecule has 1 fully saturated rings. The number of cyclic esters (lactones) is 1. The Morgan fingerprint density at radius 3 is 2.59 bits per heavy atom. The average Bonchev–Trinajstić information content (AvgIpc) is 2.33. The molecule has 1 heterocycles. The van der Waals surface area contributed by atoms with E-state index in [0.29, 0.717) is 0 Å². The molecular formula is C13H18O4. The molecule has 1 aliphatic carbocycles. The molecule has 0 unspecified atom stereocenters. The standard InChI is InChI=1S/C13H18O4/c1-12(2,3)11(15)16-7-9-13(4)6-5-8(13)10(14)17-9/h5-6,8-9H,7H2,1-4H3/t8-,9+,13-/m0/s1. The highest BCUT2D eigenvalue weighted by atomic mass is 16.6. The van der Waals surface area contributed by atoms with Crippen molar-refractivity contribution >= 4 is 11.9 Å². The third-order valence-electron chi connectivity index (χ3n) is 3.50. The number of hydrogen-bond donors (Lipinski definition) is 0. The smallest absolute Gasteiger partial charge is 0.314 e. The van der Waals surface area contributed by atoms with Crippen LogP contribution in [0.15, 0.2) is 12.2 Å². The fraction of sp³-hybridized carbons (Fsp3) is 0.692. The van der Waals surface area contributed by atoms with Crippen LogP contribution in [0.25, 0.3) is 0 Å². The highest BCUT2D eigenvalue weighted by Crippen LogP contribution is 2.49. The van der Waals surface area contributed by atoms with Crippen LogP contribution < -0.4 is 0 Å². The summed E-state index contributed by atoms with van der Waals surface area (Å²) in [5, 5.41) is 0. The molecule has 0 aromatic rings. The molecule has 3 atom stereocenters. The van der Waals surface area contributed by atoms with Gasteiger partial charge in [0.05, 0.1) is 11.3 Å². The van der Waals surface area contributed by atoms with Crippen molar-refractivity contribution in [3.8, 4) is 0 Å². The van der Waals surface area contributed by atoms with E-state index < -0.39 is 5.41 Å². The number of hydrogen-bond acceptors (Lipinski definition) is 4. The van der Waals surface area contributed by atoms with Crippen molar-refractivity contribution in [1.82, 2.24) is 0 Å². The van der Waals surface area contributed by atoms with E-state index in [-0.39, 0.29) is 36.0 Å². The molecule has 0 radical (unpaired) electrons. The van der Waals surface area contributed by atoms with Gasteiger partial charge in [-0.25, -0.2) is 0 Å². The first-order valence-corrected chi connectivity index (χ1v) is 5.82. The van der Waals surface area contributed by atoms with E-state index in [4.69, 9.17) is 9.47 Å². The summed E-state index contributed by atoms with van der Waals surface area (Å²) in [6.07, 6.45) is 3.45. The third kappa shape index (κ3) is 1.85. The average molecular weight is 238 g/mol. The van der Waals surface area contributed by atoms with E-state index in [0.717, 1.165) is 0 Å². The van der Waals surface area contributed by atoms with Gasteiger partial charge in [0.2, 0.25) is 0 Å². The van der Waals surface area contributed by atoms with Crippen molar-refractivity contribution in [3.05, 3.63) is 12.2 Å². The fourth-order valence-electron chi connectivity index (χ4n) is 2.06. The highest BCUT2D eigenvalue weighted by molar-refractivity contribution is 5.81. The first kappa shape index (κ1) is 12.1. The van der Waals surface area contributed by atoms with Crippen LogP contribution in [-0.2, 0) is 19.1 Å². The quantitative estimate of drug-likeness (QED) is 0.542. The lowest BCUT2D eigenvalue weighted by Crippen LogP contribution is -2.40. The lowest BCUT2D eigenvalue weighted by Gasteiger charge is -2.34. The van der Waals surface area contributed by atoms with E-state index in [2.05, 4.69) is 0 Å². The predicted molar refractivity (Wildman–Crippen MR) is 61.0 cm³/mol. The Kier molecular flexibility index (Phi) is 2.56. The molecule has 0 bridgehead atoms. The largest absolute Gasteiger partial charge is 0.461 e. The van der Waals surface area contributed by atoms with Gasteiger partial charge >= 0.3 is 11.9 Å². The second-order valence-corrected chi connectivity index (χ2v) is 5.98. The van der Waals surface area contributed by atoms with E-state index in [1.807, 2.05) is 19.1 Å². The van der Waals surface area contributed by atoms with Gasteiger partial charge in [-0.3, -0.25) is 9.59 Å². The predicted octanol–water partition coefficient (Wildman–Crippen LogP) is 1.69. The number of carbonyl (C=O) groups excluding carboxylic acids is 2. The summed E-state index contributed by atoms with van der Waals surface area (Å²) < 4.78 is 10.4. The van der Waals surface area contributed by atoms with Crippen LogP contribution in [0.1, 0.15) is 27.7 Å². The topological polar surface area (TPSA) is 52.6 Å². The molecule has 0 N–H and O–H groups in total. The van der Waals surface area contributed by atoms with Gasteiger partial charge in [-0.15, -0.1) is 0 Å². The Bertz CT molecular complexity index is 391. The summed E-state index contributed by atoms with van der Waals surface area (Å²) >= 11 is 0. The van der Waals surface area contributed by atoms with Gasteiger partial charge in [0.1, 0.15) is 12.7 Å². The van der Waals surface area contributed by atoms with Crippen LogP contribution >= 0.6 is 0 Å². The monoisotopic (exact) mass is 238 g/mol. The molecule has 0 saturated carbocycles. The van der Waals surface area contributed by atoms with Crippen LogP contribution in [0.5, 0.6) is 0 Å². The molecule has 4 heteroatoms. The zero-order chi connectivity index (χ0) is 12.8. The number of ether oxygens (including phenoxy) is 2. The van der Waals surface area contributed by atoms with Crippen molar-refractivity contribution in [2.75, 3.05) is 6.61 Å². The molecule has 2 aliphatic rings. The summed E-state index contributed by atoms with van der Waals surface area (Å²) in [6.45, 7) is 7.48. The van der Waals surface area contributed by atoms with Crippen molar-refractivity contribution in [3.63, 3.8) is 0 Å². The van der Waals surface area contributed by atoms with Crippen molar-refractivity contribution < 1.29 is 19.1 Å². The molecule has 4 nitrogen and oxygen atoms in total. The Morgan fingerprint density at radius 1 is 1.53 bits per heavy atom. The summed E-state index contributed by atoms with van der Waals surface area (Å²) in [5.41, 5.74) is -0.826. The van der Waals surface area contributed by atoms with Crippen LogP contribution in [0, 0.1) is 16.7 Å². The lowest BCUT2D eigenvalue weighted by atomic mass is 9.67. The number of fused-ring (bicyclic) bond motifs is 1. The van der Waals surface area contributed by atoms with Crippen molar-refractivity contribution in [2.45, 2.75) is 33.8 Å². The molecule has 2 rings (SSSR count). The maximum atomic E-state index is 11.6. The second-order valence-electron chi connectivity index (χ2n) is 5.98. The third-order valence-corrected chi connectivity index (χ3v) is 3.50. The first-order valence-electron chi connectivity index (χ1n) is 5.82. The van der Waals surface area contributed by atoms with Gasteiger partial charge < -0.3 is 9.47 Å². The normalized spacial score (nSPS) is 34.9. The van der Waals surface area contributed by atoms with Crippen LogP contribution in [0.3, 0.4) is 0 Å². The zero-order valence-electron chi connectivity index (χ0n) is 10.6. The van der Waals surface area contributed by atoms with Gasteiger partial charge in [-0.05, 0) is 20.8 Å². The second kappa shape index (κ2) is 3.59. The Labute approximate surface area is 101 Å². The Balaban J connectivity index is 1.96. The minimum absolute atomic E-state index is 0.138. The highest BCUT2D eigenvalue weighted by Gasteiger charge is 2.56. The van der Waals surface area contributed by atoms with Gasteiger partial charge in [0.25, 0.3) is 0 Å². The molecule has 0 amide bonds. The van der Waals surface area contributed by atoms with E-state index >= 15 is 0 Å². The molecule has 0 aromatic heterocycles. The molecule has 1 aliphatic heterocycles. The SMILES string of the molecule is CC(C)(C)C(=O)OC[C@H]1OC(=O)[C@@H]2C=C[C@]12C. The van der Waals surface area contributed by atoms with Crippen LogP contribution in [0.4, 0.5) is 0 Å². The molecule has 0 aromatic carbocycles. The van der Waals surface area contributed by atoms with E-state index in [1.54, 1.807) is 20.8 Å². The summed E-state index contributed by atoms with van der Waals surface area (Å²) in [5.74, 6) is -0.656. The Hall–Kier alpha value is -1.32. The summed E-state index contributed by atoms with van der Waals surface area (Å²) in [6, 6.07) is 0. The summed E-state index contributed by atoms with van der Waals surface area (Å²) in [4.78, 5) is 23.1. The minimum Gasteiger partial charge on any atom is -0.461 e.